The number of fused-ring (bicyclic) bond motifs is 1. The zero-order chi connectivity index (χ0) is 18.9. The molecule has 1 heterocycles. The second-order valence-electron chi connectivity index (χ2n) is 6.61. The first-order valence-electron chi connectivity index (χ1n) is 9.27. The fourth-order valence-corrected chi connectivity index (χ4v) is 3.89. The number of aliphatic imine (C=N–C) groups is 1. The van der Waals surface area contributed by atoms with Crippen molar-refractivity contribution in [2.75, 3.05) is 26.7 Å². The Kier molecular flexibility index (Phi) is 8.35. The average Bonchev–Trinajstić information content (AvgIpc) is 3.07. The summed E-state index contributed by atoms with van der Waals surface area (Å²) in [6, 6.07) is 10.2. The molecule has 5 nitrogen and oxygen atoms in total. The Labute approximate surface area is 160 Å². The summed E-state index contributed by atoms with van der Waals surface area (Å²) in [5.41, 5.74) is 0. The highest BCUT2D eigenvalue weighted by Crippen LogP contribution is 2.29. The van der Waals surface area contributed by atoms with Crippen LogP contribution in [0, 0.1) is 5.92 Å². The van der Waals surface area contributed by atoms with E-state index in [1.165, 1.54) is 10.1 Å². The largest absolute Gasteiger partial charge is 0.386 e. The number of aliphatic hydroxyl groups excluding tert-OH is 1. The van der Waals surface area contributed by atoms with Gasteiger partial charge in [-0.05, 0) is 36.8 Å². The van der Waals surface area contributed by atoms with Crippen LogP contribution in [0.5, 0.6) is 0 Å². The first kappa shape index (κ1) is 20.7. The van der Waals surface area contributed by atoms with Gasteiger partial charge in [-0.1, -0.05) is 32.0 Å². The van der Waals surface area contributed by atoms with Crippen LogP contribution in [0.25, 0.3) is 10.1 Å². The molecule has 0 bridgehead atoms. The quantitative estimate of drug-likeness (QED) is 0.462. The topological polar surface area (TPSA) is 65.9 Å². The van der Waals surface area contributed by atoms with Gasteiger partial charge in [0, 0.05) is 36.3 Å². The lowest BCUT2D eigenvalue weighted by Gasteiger charge is -2.21. The molecule has 2 unspecified atom stereocenters. The molecule has 0 saturated carbocycles. The van der Waals surface area contributed by atoms with E-state index in [4.69, 9.17) is 4.74 Å². The van der Waals surface area contributed by atoms with Crippen LogP contribution in [0.3, 0.4) is 0 Å². The van der Waals surface area contributed by atoms with E-state index in [9.17, 15) is 5.11 Å². The maximum Gasteiger partial charge on any atom is 0.191 e. The predicted molar refractivity (Wildman–Crippen MR) is 111 cm³/mol. The monoisotopic (exact) mass is 377 g/mol. The van der Waals surface area contributed by atoms with Crippen molar-refractivity contribution < 1.29 is 9.84 Å². The van der Waals surface area contributed by atoms with Gasteiger partial charge in [0.2, 0.25) is 0 Å². The summed E-state index contributed by atoms with van der Waals surface area (Å²) in [4.78, 5) is 5.19. The summed E-state index contributed by atoms with van der Waals surface area (Å²) in [5, 5.41) is 18.1. The number of guanidine groups is 1. The standard InChI is InChI=1S/C20H31N3O2S/c1-5-25-17(14(2)3)10-11-22-20(21-4)23-13-16(24)19-12-15-8-6-7-9-18(15)26-19/h6-9,12,14,16-17,24H,5,10-11,13H2,1-4H3,(H2,21,22,23). The molecule has 26 heavy (non-hydrogen) atoms. The lowest BCUT2D eigenvalue weighted by Crippen LogP contribution is -2.40. The number of hydrogen-bond acceptors (Lipinski definition) is 4. The molecule has 2 rings (SSSR count). The van der Waals surface area contributed by atoms with Crippen molar-refractivity contribution in [1.29, 1.82) is 0 Å². The Balaban J connectivity index is 1.80. The van der Waals surface area contributed by atoms with Gasteiger partial charge in [0.25, 0.3) is 0 Å². The molecule has 0 aliphatic heterocycles. The molecule has 0 aliphatic rings. The van der Waals surface area contributed by atoms with Crippen molar-refractivity contribution >= 4 is 27.4 Å². The van der Waals surface area contributed by atoms with Crippen LogP contribution in [-0.4, -0.2) is 43.9 Å². The molecular formula is C20H31N3O2S. The average molecular weight is 378 g/mol. The van der Waals surface area contributed by atoms with Crippen LogP contribution in [0.15, 0.2) is 35.3 Å². The summed E-state index contributed by atoms with van der Waals surface area (Å²) in [7, 11) is 1.74. The third-order valence-electron chi connectivity index (χ3n) is 4.31. The first-order valence-corrected chi connectivity index (χ1v) is 10.1. The van der Waals surface area contributed by atoms with Gasteiger partial charge in [0.05, 0.1) is 6.10 Å². The molecule has 1 aromatic heterocycles. The number of benzene rings is 1. The van der Waals surface area contributed by atoms with Crippen LogP contribution in [-0.2, 0) is 4.74 Å². The van der Waals surface area contributed by atoms with Gasteiger partial charge in [0.1, 0.15) is 6.10 Å². The predicted octanol–water partition coefficient (Wildman–Crippen LogP) is 3.55. The van der Waals surface area contributed by atoms with E-state index >= 15 is 0 Å². The molecule has 3 N–H and O–H groups in total. The van der Waals surface area contributed by atoms with Crippen molar-refractivity contribution in [3.05, 3.63) is 35.2 Å². The van der Waals surface area contributed by atoms with E-state index in [-0.39, 0.29) is 6.10 Å². The molecule has 2 atom stereocenters. The fourth-order valence-electron chi connectivity index (χ4n) is 2.84. The third-order valence-corrected chi connectivity index (χ3v) is 5.52. The van der Waals surface area contributed by atoms with Crippen LogP contribution < -0.4 is 10.6 Å². The molecule has 0 spiro atoms. The fraction of sp³-hybridized carbons (Fsp3) is 0.550. The lowest BCUT2D eigenvalue weighted by atomic mass is 10.0. The van der Waals surface area contributed by atoms with Gasteiger partial charge in [-0.25, -0.2) is 0 Å². The second kappa shape index (κ2) is 10.5. The summed E-state index contributed by atoms with van der Waals surface area (Å²) < 4.78 is 6.96. The van der Waals surface area contributed by atoms with E-state index in [2.05, 4.69) is 47.7 Å². The van der Waals surface area contributed by atoms with Gasteiger partial charge >= 0.3 is 0 Å². The Morgan fingerprint density at radius 2 is 2.04 bits per heavy atom. The van der Waals surface area contributed by atoms with E-state index < -0.39 is 6.10 Å². The molecule has 0 fully saturated rings. The number of ether oxygens (including phenoxy) is 1. The van der Waals surface area contributed by atoms with Crippen molar-refractivity contribution in [1.82, 2.24) is 10.6 Å². The van der Waals surface area contributed by atoms with Gasteiger partial charge in [-0.3, -0.25) is 4.99 Å². The number of rotatable bonds is 9. The Bertz CT molecular complexity index is 666. The number of nitrogens with one attached hydrogen (secondary N) is 2. The molecule has 144 valence electrons. The minimum Gasteiger partial charge on any atom is -0.386 e. The van der Waals surface area contributed by atoms with Crippen molar-refractivity contribution in [2.24, 2.45) is 10.9 Å². The zero-order valence-corrected chi connectivity index (χ0v) is 17.0. The number of nitrogens with zero attached hydrogens (tertiary/aromatic N) is 1. The third kappa shape index (κ3) is 5.97. The zero-order valence-electron chi connectivity index (χ0n) is 16.2. The van der Waals surface area contributed by atoms with Gasteiger partial charge in [-0.15, -0.1) is 11.3 Å². The SMILES string of the molecule is CCOC(CCNC(=NC)NCC(O)c1cc2ccccc2s1)C(C)C. The Hall–Kier alpha value is -1.63. The normalized spacial score (nSPS) is 14.6. The second-order valence-corrected chi connectivity index (χ2v) is 7.72. The van der Waals surface area contributed by atoms with Crippen LogP contribution in [0.4, 0.5) is 0 Å². The highest BCUT2D eigenvalue weighted by molar-refractivity contribution is 7.19. The highest BCUT2D eigenvalue weighted by atomic mass is 32.1. The molecular weight excluding hydrogens is 346 g/mol. The Morgan fingerprint density at radius 1 is 1.27 bits per heavy atom. The van der Waals surface area contributed by atoms with E-state index in [1.807, 2.05) is 19.1 Å². The van der Waals surface area contributed by atoms with Crippen molar-refractivity contribution in [3.8, 4) is 0 Å². The summed E-state index contributed by atoms with van der Waals surface area (Å²) in [6.45, 7) is 8.31. The minimum atomic E-state index is -0.558. The molecule has 1 aromatic carbocycles. The van der Waals surface area contributed by atoms with E-state index in [1.54, 1.807) is 18.4 Å². The number of hydrogen-bond donors (Lipinski definition) is 3. The van der Waals surface area contributed by atoms with Crippen molar-refractivity contribution in [3.63, 3.8) is 0 Å². The Morgan fingerprint density at radius 3 is 2.69 bits per heavy atom. The molecule has 0 saturated heterocycles. The van der Waals surface area contributed by atoms with Crippen LogP contribution in [0.1, 0.15) is 38.2 Å². The first-order chi connectivity index (χ1) is 12.5. The van der Waals surface area contributed by atoms with E-state index in [0.29, 0.717) is 18.4 Å². The maximum absolute atomic E-state index is 10.5. The van der Waals surface area contributed by atoms with E-state index in [0.717, 1.165) is 24.4 Å². The van der Waals surface area contributed by atoms with Gasteiger partial charge in [-0.2, -0.15) is 0 Å². The molecule has 0 amide bonds. The summed E-state index contributed by atoms with van der Waals surface area (Å²) in [6.07, 6.45) is 0.609. The lowest BCUT2D eigenvalue weighted by molar-refractivity contribution is 0.0258. The molecule has 0 aliphatic carbocycles. The highest BCUT2D eigenvalue weighted by Gasteiger charge is 2.14. The van der Waals surface area contributed by atoms with Crippen molar-refractivity contribution in [2.45, 2.75) is 39.4 Å². The minimum absolute atomic E-state index is 0.245. The molecule has 0 radical (unpaired) electrons. The van der Waals surface area contributed by atoms with Crippen LogP contribution in [0.2, 0.25) is 0 Å². The maximum atomic E-state index is 10.5. The summed E-state index contributed by atoms with van der Waals surface area (Å²) >= 11 is 1.63. The number of aliphatic hydroxyl groups is 1. The van der Waals surface area contributed by atoms with Gasteiger partial charge < -0.3 is 20.5 Å². The van der Waals surface area contributed by atoms with Crippen LogP contribution >= 0.6 is 11.3 Å². The molecule has 2 aromatic rings. The number of thiophene rings is 1. The summed E-state index contributed by atoms with van der Waals surface area (Å²) in [5.74, 6) is 1.19. The molecule has 6 heteroatoms. The smallest absolute Gasteiger partial charge is 0.191 e. The van der Waals surface area contributed by atoms with Gasteiger partial charge in [0.15, 0.2) is 5.96 Å².